The van der Waals surface area contributed by atoms with Crippen molar-refractivity contribution in [3.05, 3.63) is 23.7 Å². The minimum atomic E-state index is 0.667. The Balaban J connectivity index is 1.46. The SMILES string of the molecule is CCCCCCCCCCOc1ncccc1-c1csc(NC2=NCCCN2)n1. The summed E-state index contributed by atoms with van der Waals surface area (Å²) in [6, 6.07) is 3.95. The van der Waals surface area contributed by atoms with E-state index in [1.807, 2.05) is 17.5 Å². The number of nitrogens with one attached hydrogen (secondary N) is 2. The largest absolute Gasteiger partial charge is 0.477 e. The Morgan fingerprint density at radius 3 is 2.76 bits per heavy atom. The van der Waals surface area contributed by atoms with Gasteiger partial charge in [0.1, 0.15) is 0 Å². The Morgan fingerprint density at radius 2 is 1.97 bits per heavy atom. The summed E-state index contributed by atoms with van der Waals surface area (Å²) in [6.07, 6.45) is 13.2. The maximum Gasteiger partial charge on any atom is 0.222 e. The lowest BCUT2D eigenvalue weighted by Gasteiger charge is -2.14. The van der Waals surface area contributed by atoms with Gasteiger partial charge >= 0.3 is 0 Å². The molecule has 1 aliphatic rings. The lowest BCUT2D eigenvalue weighted by atomic mass is 10.1. The van der Waals surface area contributed by atoms with E-state index in [1.165, 1.54) is 44.9 Å². The summed E-state index contributed by atoms with van der Waals surface area (Å²) in [4.78, 5) is 13.6. The molecule has 0 aromatic carbocycles. The van der Waals surface area contributed by atoms with Crippen LogP contribution in [0.25, 0.3) is 11.3 Å². The summed E-state index contributed by atoms with van der Waals surface area (Å²) in [6.45, 7) is 4.76. The molecule has 0 aliphatic carbocycles. The van der Waals surface area contributed by atoms with Crippen LogP contribution in [0.2, 0.25) is 0 Å². The third-order valence-corrected chi connectivity index (χ3v) is 5.67. The highest BCUT2D eigenvalue weighted by molar-refractivity contribution is 7.14. The summed E-state index contributed by atoms with van der Waals surface area (Å²) in [5.74, 6) is 1.47. The summed E-state index contributed by atoms with van der Waals surface area (Å²) >= 11 is 1.56. The zero-order valence-electron chi connectivity index (χ0n) is 17.5. The molecule has 0 fully saturated rings. The van der Waals surface area contributed by atoms with Crippen LogP contribution in [0, 0.1) is 0 Å². The molecule has 0 atom stereocenters. The van der Waals surface area contributed by atoms with E-state index in [0.717, 1.165) is 48.3 Å². The molecule has 0 spiro atoms. The van der Waals surface area contributed by atoms with Crippen molar-refractivity contribution in [3.8, 4) is 17.1 Å². The molecule has 3 rings (SSSR count). The van der Waals surface area contributed by atoms with Crippen LogP contribution in [0.4, 0.5) is 5.13 Å². The molecule has 2 aromatic rings. The number of thiazole rings is 1. The molecule has 0 radical (unpaired) electrons. The molecule has 3 heterocycles. The highest BCUT2D eigenvalue weighted by Gasteiger charge is 2.13. The lowest BCUT2D eigenvalue weighted by molar-refractivity contribution is 0.294. The van der Waals surface area contributed by atoms with Gasteiger partial charge in [-0.25, -0.2) is 9.97 Å². The van der Waals surface area contributed by atoms with Gasteiger partial charge in [-0.15, -0.1) is 11.3 Å². The molecule has 0 amide bonds. The van der Waals surface area contributed by atoms with Crippen LogP contribution in [0.15, 0.2) is 28.7 Å². The standard InChI is InChI=1S/C22H33N5OS/c1-2-3-4-5-6-7-8-9-16-28-20-18(12-10-13-23-20)19-17-29-22(26-19)27-21-24-14-11-15-25-21/h10,12-13,17H,2-9,11,14-16H2,1H3,(H2,24,25,26,27). The van der Waals surface area contributed by atoms with Gasteiger partial charge in [0.05, 0.1) is 17.9 Å². The molecule has 0 bridgehead atoms. The molecule has 0 saturated carbocycles. The van der Waals surface area contributed by atoms with Gasteiger partial charge in [-0.05, 0) is 25.0 Å². The summed E-state index contributed by atoms with van der Waals surface area (Å²) in [5.41, 5.74) is 1.82. The van der Waals surface area contributed by atoms with Gasteiger partial charge in [0.2, 0.25) is 5.88 Å². The second kappa shape index (κ2) is 12.4. The third kappa shape index (κ3) is 7.31. The zero-order chi connectivity index (χ0) is 20.2. The average Bonchev–Trinajstić information content (AvgIpc) is 3.22. The maximum absolute atomic E-state index is 5.99. The fourth-order valence-electron chi connectivity index (χ4n) is 3.28. The van der Waals surface area contributed by atoms with Gasteiger partial charge in [-0.2, -0.15) is 0 Å². The number of aliphatic imine (C=N–C) groups is 1. The Kier molecular flexibility index (Phi) is 9.23. The quantitative estimate of drug-likeness (QED) is 0.449. The predicted molar refractivity (Wildman–Crippen MR) is 122 cm³/mol. The van der Waals surface area contributed by atoms with Gasteiger partial charge < -0.3 is 15.4 Å². The second-order valence-corrected chi connectivity index (χ2v) is 8.21. The number of nitrogens with zero attached hydrogens (tertiary/aromatic N) is 3. The predicted octanol–water partition coefficient (Wildman–Crippen LogP) is 5.49. The van der Waals surface area contributed by atoms with Crippen molar-refractivity contribution in [2.45, 2.75) is 64.7 Å². The van der Waals surface area contributed by atoms with E-state index in [-0.39, 0.29) is 0 Å². The van der Waals surface area contributed by atoms with E-state index in [1.54, 1.807) is 17.5 Å². The van der Waals surface area contributed by atoms with E-state index >= 15 is 0 Å². The molecular formula is C22H33N5OS. The summed E-state index contributed by atoms with van der Waals surface area (Å²) in [7, 11) is 0. The molecule has 6 nitrogen and oxygen atoms in total. The Labute approximate surface area is 178 Å². The second-order valence-electron chi connectivity index (χ2n) is 7.35. The number of hydrogen-bond acceptors (Lipinski definition) is 7. The minimum Gasteiger partial charge on any atom is -0.477 e. The minimum absolute atomic E-state index is 0.667. The van der Waals surface area contributed by atoms with Crippen LogP contribution in [0.5, 0.6) is 5.88 Å². The molecular weight excluding hydrogens is 382 g/mol. The van der Waals surface area contributed by atoms with Crippen LogP contribution >= 0.6 is 11.3 Å². The third-order valence-electron chi connectivity index (χ3n) is 4.91. The number of guanidine groups is 1. The van der Waals surface area contributed by atoms with E-state index in [4.69, 9.17) is 9.72 Å². The molecule has 158 valence electrons. The van der Waals surface area contributed by atoms with Crippen LogP contribution in [-0.2, 0) is 0 Å². The van der Waals surface area contributed by atoms with Crippen molar-refractivity contribution in [3.63, 3.8) is 0 Å². The van der Waals surface area contributed by atoms with Crippen molar-refractivity contribution in [2.24, 2.45) is 4.99 Å². The number of unbranched alkanes of at least 4 members (excludes halogenated alkanes) is 7. The van der Waals surface area contributed by atoms with Crippen molar-refractivity contribution in [1.29, 1.82) is 0 Å². The molecule has 7 heteroatoms. The Bertz CT molecular complexity index is 761. The summed E-state index contributed by atoms with van der Waals surface area (Å²) < 4.78 is 5.99. The molecule has 2 aromatic heterocycles. The maximum atomic E-state index is 5.99. The molecule has 29 heavy (non-hydrogen) atoms. The monoisotopic (exact) mass is 415 g/mol. The smallest absolute Gasteiger partial charge is 0.222 e. The first-order chi connectivity index (χ1) is 14.4. The lowest BCUT2D eigenvalue weighted by Crippen LogP contribution is -2.35. The van der Waals surface area contributed by atoms with Crippen molar-refractivity contribution in [1.82, 2.24) is 15.3 Å². The first kappa shape index (κ1) is 21.6. The van der Waals surface area contributed by atoms with Crippen LogP contribution in [-0.4, -0.2) is 35.6 Å². The number of ether oxygens (including phenoxy) is 1. The van der Waals surface area contributed by atoms with Gasteiger partial charge in [-0.3, -0.25) is 4.99 Å². The Morgan fingerprint density at radius 1 is 1.14 bits per heavy atom. The first-order valence-electron chi connectivity index (χ1n) is 11.0. The van der Waals surface area contributed by atoms with Crippen LogP contribution in [0.3, 0.4) is 0 Å². The van der Waals surface area contributed by atoms with Crippen molar-refractivity contribution < 1.29 is 4.74 Å². The van der Waals surface area contributed by atoms with Crippen LogP contribution in [0.1, 0.15) is 64.7 Å². The fraction of sp³-hybridized carbons (Fsp3) is 0.591. The highest BCUT2D eigenvalue weighted by Crippen LogP contribution is 2.30. The highest BCUT2D eigenvalue weighted by atomic mass is 32.1. The first-order valence-corrected chi connectivity index (χ1v) is 11.8. The zero-order valence-corrected chi connectivity index (χ0v) is 18.3. The average molecular weight is 416 g/mol. The molecule has 0 unspecified atom stereocenters. The number of anilines is 1. The van der Waals surface area contributed by atoms with Crippen molar-refractivity contribution >= 4 is 22.4 Å². The normalized spacial score (nSPS) is 13.6. The summed E-state index contributed by atoms with van der Waals surface area (Å²) in [5, 5.41) is 9.37. The number of aromatic nitrogens is 2. The molecule has 0 saturated heterocycles. The van der Waals surface area contributed by atoms with Gasteiger partial charge in [0, 0.05) is 24.7 Å². The number of hydrogen-bond donors (Lipinski definition) is 2. The van der Waals surface area contributed by atoms with Gasteiger partial charge in [-0.1, -0.05) is 51.9 Å². The van der Waals surface area contributed by atoms with Gasteiger partial charge in [0.15, 0.2) is 11.1 Å². The number of pyridine rings is 1. The molecule has 1 aliphatic heterocycles. The van der Waals surface area contributed by atoms with Crippen molar-refractivity contribution in [2.75, 3.05) is 25.0 Å². The topological polar surface area (TPSA) is 71.4 Å². The van der Waals surface area contributed by atoms with E-state index in [2.05, 4.69) is 27.5 Å². The number of rotatable bonds is 12. The fourth-order valence-corrected chi connectivity index (χ4v) is 3.99. The van der Waals surface area contributed by atoms with Gasteiger partial charge in [0.25, 0.3) is 0 Å². The van der Waals surface area contributed by atoms with Crippen LogP contribution < -0.4 is 15.4 Å². The molecule has 2 N–H and O–H groups in total. The van der Waals surface area contributed by atoms with E-state index in [0.29, 0.717) is 12.5 Å². The van der Waals surface area contributed by atoms with E-state index in [9.17, 15) is 0 Å². The Hall–Kier alpha value is -2.15. The van der Waals surface area contributed by atoms with E-state index < -0.39 is 0 Å².